The summed E-state index contributed by atoms with van der Waals surface area (Å²) in [5, 5.41) is 4.38. The second kappa shape index (κ2) is 10.6. The van der Waals surface area contributed by atoms with E-state index in [-0.39, 0.29) is 23.4 Å². The number of hydrogen-bond donors (Lipinski definition) is 1. The molecule has 0 aliphatic heterocycles. The first-order chi connectivity index (χ1) is 16.4. The fourth-order valence-corrected chi connectivity index (χ4v) is 6.49. The van der Waals surface area contributed by atoms with Gasteiger partial charge in [-0.25, -0.2) is 8.42 Å². The van der Waals surface area contributed by atoms with Gasteiger partial charge in [0, 0.05) is 17.1 Å². The number of carbonyl (C=O) groups excluding carboxylic acids is 1. The summed E-state index contributed by atoms with van der Waals surface area (Å²) in [5.41, 5.74) is 0.605. The SMILES string of the molecule is CCOc1ccc(NC(=O)CN(C2CCC(C)CC2)S(=O)(=O)c2cccc3ccccc23)cc1. The van der Waals surface area contributed by atoms with Crippen molar-refractivity contribution in [2.75, 3.05) is 18.5 Å². The van der Waals surface area contributed by atoms with Crippen LogP contribution in [0.2, 0.25) is 0 Å². The van der Waals surface area contributed by atoms with E-state index in [4.69, 9.17) is 4.74 Å². The van der Waals surface area contributed by atoms with Crippen molar-refractivity contribution in [3.8, 4) is 5.75 Å². The molecule has 0 aromatic heterocycles. The van der Waals surface area contributed by atoms with E-state index in [1.165, 1.54) is 4.31 Å². The van der Waals surface area contributed by atoms with E-state index in [0.717, 1.165) is 36.8 Å². The molecule has 3 aromatic rings. The molecule has 6 nitrogen and oxygen atoms in total. The van der Waals surface area contributed by atoms with Crippen LogP contribution in [-0.4, -0.2) is 37.8 Å². The molecule has 34 heavy (non-hydrogen) atoms. The number of nitrogens with one attached hydrogen (secondary N) is 1. The molecular weight excluding hydrogens is 448 g/mol. The van der Waals surface area contributed by atoms with Gasteiger partial charge in [0.2, 0.25) is 15.9 Å². The van der Waals surface area contributed by atoms with Gasteiger partial charge >= 0.3 is 0 Å². The molecule has 0 radical (unpaired) electrons. The number of benzene rings is 3. The van der Waals surface area contributed by atoms with Crippen LogP contribution in [0, 0.1) is 5.92 Å². The monoisotopic (exact) mass is 480 g/mol. The quantitative estimate of drug-likeness (QED) is 0.465. The maximum atomic E-state index is 14.0. The van der Waals surface area contributed by atoms with Gasteiger partial charge in [-0.05, 0) is 74.2 Å². The molecule has 180 valence electrons. The van der Waals surface area contributed by atoms with Crippen molar-refractivity contribution in [1.82, 2.24) is 4.31 Å². The Morgan fingerprint density at radius 3 is 2.35 bits per heavy atom. The van der Waals surface area contributed by atoms with Crippen LogP contribution in [0.1, 0.15) is 39.5 Å². The Balaban J connectivity index is 1.62. The van der Waals surface area contributed by atoms with Gasteiger partial charge in [0.1, 0.15) is 5.75 Å². The van der Waals surface area contributed by atoms with Gasteiger partial charge in [-0.2, -0.15) is 4.31 Å². The first kappa shape index (κ1) is 24.2. The third-order valence-corrected chi connectivity index (χ3v) is 8.43. The second-order valence-electron chi connectivity index (χ2n) is 8.95. The maximum absolute atomic E-state index is 14.0. The van der Waals surface area contributed by atoms with Gasteiger partial charge in [0.05, 0.1) is 18.0 Å². The largest absolute Gasteiger partial charge is 0.494 e. The molecule has 3 aromatic carbocycles. The first-order valence-corrected chi connectivity index (χ1v) is 13.3. The molecular formula is C27H32N2O4S. The van der Waals surface area contributed by atoms with Crippen LogP contribution in [0.3, 0.4) is 0 Å². The number of rotatable bonds is 8. The van der Waals surface area contributed by atoms with Crippen molar-refractivity contribution in [2.24, 2.45) is 5.92 Å². The summed E-state index contributed by atoms with van der Waals surface area (Å²) in [4.78, 5) is 13.3. The Morgan fingerprint density at radius 2 is 1.65 bits per heavy atom. The highest BCUT2D eigenvalue weighted by atomic mass is 32.2. The Bertz CT molecular complexity index is 1230. The van der Waals surface area contributed by atoms with E-state index in [9.17, 15) is 13.2 Å². The zero-order valence-corrected chi connectivity index (χ0v) is 20.6. The van der Waals surface area contributed by atoms with E-state index in [1.54, 1.807) is 36.4 Å². The van der Waals surface area contributed by atoms with Crippen molar-refractivity contribution in [3.05, 3.63) is 66.7 Å². The Kier molecular flexibility index (Phi) is 7.54. The van der Waals surface area contributed by atoms with Gasteiger partial charge in [0.25, 0.3) is 0 Å². The normalized spacial score (nSPS) is 18.7. The van der Waals surface area contributed by atoms with Crippen molar-refractivity contribution in [1.29, 1.82) is 0 Å². The standard InChI is InChI=1S/C27H32N2O4S/c1-3-33-24-17-13-22(14-18-24)28-27(30)19-29(23-15-11-20(2)12-16-23)34(31,32)26-10-6-8-21-7-4-5-9-25(21)26/h4-10,13-14,17-18,20,23H,3,11-12,15-16,19H2,1-2H3,(H,28,30). The van der Waals surface area contributed by atoms with Crippen molar-refractivity contribution in [2.45, 2.75) is 50.5 Å². The number of nitrogens with zero attached hydrogens (tertiary/aromatic N) is 1. The zero-order chi connectivity index (χ0) is 24.1. The predicted octanol–water partition coefficient (Wildman–Crippen LogP) is 5.45. The van der Waals surface area contributed by atoms with Crippen LogP contribution < -0.4 is 10.1 Å². The van der Waals surface area contributed by atoms with Crippen LogP contribution in [0.4, 0.5) is 5.69 Å². The summed E-state index contributed by atoms with van der Waals surface area (Å²) in [6, 6.07) is 19.6. The molecule has 0 unspecified atom stereocenters. The van der Waals surface area contributed by atoms with E-state index in [2.05, 4.69) is 12.2 Å². The first-order valence-electron chi connectivity index (χ1n) is 11.9. The fourth-order valence-electron chi connectivity index (χ4n) is 4.63. The lowest BCUT2D eigenvalue weighted by molar-refractivity contribution is -0.116. The molecule has 1 aliphatic carbocycles. The van der Waals surface area contributed by atoms with Crippen molar-refractivity contribution < 1.29 is 17.9 Å². The summed E-state index contributed by atoms with van der Waals surface area (Å²) < 4.78 is 34.8. The van der Waals surface area contributed by atoms with Crippen molar-refractivity contribution >= 4 is 32.4 Å². The average molecular weight is 481 g/mol. The predicted molar refractivity (Wildman–Crippen MR) is 136 cm³/mol. The average Bonchev–Trinajstić information content (AvgIpc) is 2.84. The lowest BCUT2D eigenvalue weighted by Crippen LogP contribution is -2.46. The molecule has 1 fully saturated rings. The summed E-state index contributed by atoms with van der Waals surface area (Å²) in [7, 11) is -3.89. The summed E-state index contributed by atoms with van der Waals surface area (Å²) in [6.07, 6.45) is 3.41. The summed E-state index contributed by atoms with van der Waals surface area (Å²) in [5.74, 6) is 0.930. The minimum absolute atomic E-state index is 0.203. The minimum atomic E-state index is -3.89. The van der Waals surface area contributed by atoms with E-state index >= 15 is 0 Å². The molecule has 0 saturated heterocycles. The Morgan fingerprint density at radius 1 is 0.971 bits per heavy atom. The highest BCUT2D eigenvalue weighted by molar-refractivity contribution is 7.89. The van der Waals surface area contributed by atoms with Gasteiger partial charge in [0.15, 0.2) is 0 Å². The lowest BCUT2D eigenvalue weighted by Gasteiger charge is -2.35. The topological polar surface area (TPSA) is 75.7 Å². The Hall–Kier alpha value is -2.90. The van der Waals surface area contributed by atoms with Gasteiger partial charge in [-0.1, -0.05) is 43.3 Å². The van der Waals surface area contributed by atoms with Gasteiger partial charge < -0.3 is 10.1 Å². The molecule has 1 amide bonds. The number of sulfonamides is 1. The highest BCUT2D eigenvalue weighted by Crippen LogP contribution is 2.33. The van der Waals surface area contributed by atoms with Crippen LogP contribution in [0.5, 0.6) is 5.75 Å². The molecule has 0 atom stereocenters. The van der Waals surface area contributed by atoms with E-state index < -0.39 is 10.0 Å². The molecule has 0 bridgehead atoms. The fraction of sp³-hybridized carbons (Fsp3) is 0.370. The molecule has 0 spiro atoms. The smallest absolute Gasteiger partial charge is 0.244 e. The molecule has 1 N–H and O–H groups in total. The minimum Gasteiger partial charge on any atom is -0.494 e. The van der Waals surface area contributed by atoms with E-state index in [0.29, 0.717) is 23.6 Å². The summed E-state index contributed by atoms with van der Waals surface area (Å²) in [6.45, 7) is 4.44. The lowest BCUT2D eigenvalue weighted by atomic mass is 9.87. The zero-order valence-electron chi connectivity index (χ0n) is 19.7. The van der Waals surface area contributed by atoms with Crippen LogP contribution in [0.15, 0.2) is 71.6 Å². The number of carbonyl (C=O) groups is 1. The Labute approximate surface area is 202 Å². The molecule has 7 heteroatoms. The molecule has 4 rings (SSSR count). The maximum Gasteiger partial charge on any atom is 0.244 e. The molecule has 0 heterocycles. The number of hydrogen-bond acceptors (Lipinski definition) is 4. The van der Waals surface area contributed by atoms with Crippen LogP contribution in [0.25, 0.3) is 10.8 Å². The second-order valence-corrected chi connectivity index (χ2v) is 10.8. The molecule has 1 aliphatic rings. The van der Waals surface area contributed by atoms with Gasteiger partial charge in [-0.15, -0.1) is 0 Å². The third-order valence-electron chi connectivity index (χ3n) is 6.48. The number of fused-ring (bicyclic) bond motifs is 1. The van der Waals surface area contributed by atoms with Crippen LogP contribution >= 0.6 is 0 Å². The number of ether oxygens (including phenoxy) is 1. The third kappa shape index (κ3) is 5.42. The van der Waals surface area contributed by atoms with E-state index in [1.807, 2.05) is 37.3 Å². The highest BCUT2D eigenvalue weighted by Gasteiger charge is 2.35. The van der Waals surface area contributed by atoms with Crippen LogP contribution in [-0.2, 0) is 14.8 Å². The number of anilines is 1. The summed E-state index contributed by atoms with van der Waals surface area (Å²) >= 11 is 0. The molecule has 1 saturated carbocycles. The van der Waals surface area contributed by atoms with Gasteiger partial charge in [-0.3, -0.25) is 4.79 Å². The number of amides is 1. The van der Waals surface area contributed by atoms with Crippen molar-refractivity contribution in [3.63, 3.8) is 0 Å².